The predicted octanol–water partition coefficient (Wildman–Crippen LogP) is 5.95. The van der Waals surface area contributed by atoms with Gasteiger partial charge in [0.05, 0.1) is 5.39 Å². The number of nitrogens with zero attached hydrogens (tertiary/aromatic N) is 1. The lowest BCUT2D eigenvalue weighted by Gasteiger charge is -2.05. The molecule has 0 saturated carbocycles. The lowest BCUT2D eigenvalue weighted by atomic mass is 10.0. The van der Waals surface area contributed by atoms with E-state index in [-0.39, 0.29) is 5.56 Å². The predicted molar refractivity (Wildman–Crippen MR) is 113 cm³/mol. The van der Waals surface area contributed by atoms with Gasteiger partial charge < -0.3 is 4.98 Å². The highest BCUT2D eigenvalue weighted by Gasteiger charge is 2.18. The molecule has 5 heteroatoms. The first-order valence-electron chi connectivity index (χ1n) is 8.45. The molecule has 0 saturated heterocycles. The number of hydrogen-bond acceptors (Lipinski definition) is 3. The van der Waals surface area contributed by atoms with Crippen LogP contribution >= 0.6 is 27.3 Å². The van der Waals surface area contributed by atoms with Gasteiger partial charge in [0.15, 0.2) is 0 Å². The topological polar surface area (TPSA) is 45.8 Å². The van der Waals surface area contributed by atoms with Crippen molar-refractivity contribution in [3.63, 3.8) is 0 Å². The van der Waals surface area contributed by atoms with Crippen molar-refractivity contribution in [2.75, 3.05) is 0 Å². The van der Waals surface area contributed by atoms with E-state index < -0.39 is 0 Å². The van der Waals surface area contributed by atoms with Crippen LogP contribution in [0, 0.1) is 6.92 Å². The highest BCUT2D eigenvalue weighted by molar-refractivity contribution is 9.10. The minimum Gasteiger partial charge on any atom is -0.306 e. The molecule has 0 radical (unpaired) electrons. The van der Waals surface area contributed by atoms with Gasteiger partial charge in [-0.2, -0.15) is 0 Å². The van der Waals surface area contributed by atoms with Crippen LogP contribution in [0.15, 0.2) is 57.8 Å². The molecule has 2 heterocycles. The van der Waals surface area contributed by atoms with Gasteiger partial charge in [-0.05, 0) is 37.1 Å². The summed E-state index contributed by atoms with van der Waals surface area (Å²) < 4.78 is 1.02. The molecule has 0 bridgehead atoms. The van der Waals surface area contributed by atoms with Crippen LogP contribution in [-0.2, 0) is 6.42 Å². The van der Waals surface area contributed by atoms with Gasteiger partial charge in [-0.15, -0.1) is 11.3 Å². The molecule has 0 atom stereocenters. The van der Waals surface area contributed by atoms with Gasteiger partial charge in [-0.1, -0.05) is 58.7 Å². The van der Waals surface area contributed by atoms with Crippen LogP contribution in [0.4, 0.5) is 0 Å². The van der Waals surface area contributed by atoms with E-state index in [1.807, 2.05) is 55.5 Å². The monoisotopic (exact) mass is 424 g/mol. The van der Waals surface area contributed by atoms with E-state index in [1.54, 1.807) is 11.3 Å². The van der Waals surface area contributed by atoms with Gasteiger partial charge in [-0.25, -0.2) is 4.98 Å². The maximum absolute atomic E-state index is 12.9. The first-order chi connectivity index (χ1) is 12.6. The minimum atomic E-state index is -0.0830. The van der Waals surface area contributed by atoms with Crippen molar-refractivity contribution in [1.29, 1.82) is 0 Å². The van der Waals surface area contributed by atoms with Crippen molar-refractivity contribution in [1.82, 2.24) is 9.97 Å². The van der Waals surface area contributed by atoms with Crippen molar-refractivity contribution < 1.29 is 0 Å². The maximum Gasteiger partial charge on any atom is 0.260 e. The molecule has 26 heavy (non-hydrogen) atoms. The fourth-order valence-electron chi connectivity index (χ4n) is 3.15. The number of halogens is 1. The first-order valence-corrected chi connectivity index (χ1v) is 10.1. The van der Waals surface area contributed by atoms with Crippen LogP contribution < -0.4 is 5.56 Å². The number of fused-ring (bicyclic) bond motifs is 1. The Morgan fingerprint density at radius 2 is 1.88 bits per heavy atom. The number of aryl methyl sites for hydroxylation is 2. The Labute approximate surface area is 163 Å². The van der Waals surface area contributed by atoms with Gasteiger partial charge in [-0.3, -0.25) is 4.79 Å². The molecule has 4 aromatic rings. The SMILES string of the molecule is CCc1sc2nc(-c3cccc(C)c3)[nH]c(=O)c2c1-c1ccc(Br)cc1. The Kier molecular flexibility index (Phi) is 4.51. The summed E-state index contributed by atoms with van der Waals surface area (Å²) in [4.78, 5) is 22.7. The Hall–Kier alpha value is -2.24. The third-order valence-corrected chi connectivity index (χ3v) is 6.14. The number of benzene rings is 2. The zero-order valence-electron chi connectivity index (χ0n) is 14.5. The zero-order chi connectivity index (χ0) is 18.3. The second-order valence-corrected chi connectivity index (χ2v) is 8.22. The molecule has 4 rings (SSSR count). The van der Waals surface area contributed by atoms with Crippen molar-refractivity contribution in [2.24, 2.45) is 0 Å². The number of thiophene rings is 1. The first kappa shape index (κ1) is 17.2. The maximum atomic E-state index is 12.9. The lowest BCUT2D eigenvalue weighted by Crippen LogP contribution is -2.09. The summed E-state index contributed by atoms with van der Waals surface area (Å²) in [7, 11) is 0. The Morgan fingerprint density at radius 3 is 2.58 bits per heavy atom. The molecule has 2 aromatic carbocycles. The van der Waals surface area contributed by atoms with E-state index in [4.69, 9.17) is 4.98 Å². The molecule has 0 aliphatic rings. The summed E-state index contributed by atoms with van der Waals surface area (Å²) in [6.45, 7) is 4.15. The summed E-state index contributed by atoms with van der Waals surface area (Å²) in [5.74, 6) is 0.623. The number of aromatic nitrogens is 2. The fourth-order valence-corrected chi connectivity index (χ4v) is 4.55. The molecule has 0 aliphatic heterocycles. The molecule has 0 amide bonds. The lowest BCUT2D eigenvalue weighted by molar-refractivity contribution is 1.18. The van der Waals surface area contributed by atoms with E-state index in [2.05, 4.69) is 27.8 Å². The third-order valence-electron chi connectivity index (χ3n) is 4.38. The average molecular weight is 425 g/mol. The second-order valence-electron chi connectivity index (χ2n) is 6.22. The van der Waals surface area contributed by atoms with E-state index in [1.165, 1.54) is 4.88 Å². The molecule has 0 spiro atoms. The largest absolute Gasteiger partial charge is 0.306 e. The molecule has 0 aliphatic carbocycles. The van der Waals surface area contributed by atoms with Crippen LogP contribution in [0.25, 0.3) is 32.7 Å². The van der Waals surface area contributed by atoms with Gasteiger partial charge in [0.1, 0.15) is 10.7 Å². The van der Waals surface area contributed by atoms with Crippen molar-refractivity contribution in [3.05, 3.63) is 73.8 Å². The Morgan fingerprint density at radius 1 is 1.12 bits per heavy atom. The number of rotatable bonds is 3. The van der Waals surface area contributed by atoms with Crippen LogP contribution in [0.3, 0.4) is 0 Å². The second kappa shape index (κ2) is 6.82. The number of aromatic amines is 1. The minimum absolute atomic E-state index is 0.0830. The van der Waals surface area contributed by atoms with Crippen LogP contribution in [0.5, 0.6) is 0 Å². The standard InChI is InChI=1S/C21H17BrN2OS/c1-3-16-17(13-7-9-15(22)10-8-13)18-20(25)23-19(24-21(18)26-16)14-6-4-5-12(2)11-14/h4-11H,3H2,1-2H3,(H,23,24,25). The van der Waals surface area contributed by atoms with E-state index in [0.717, 1.165) is 38.0 Å². The van der Waals surface area contributed by atoms with Crippen molar-refractivity contribution >= 4 is 37.5 Å². The normalized spacial score (nSPS) is 11.2. The third kappa shape index (κ3) is 3.02. The molecule has 3 nitrogen and oxygen atoms in total. The van der Waals surface area contributed by atoms with Gasteiger partial charge in [0, 0.05) is 20.5 Å². The summed E-state index contributed by atoms with van der Waals surface area (Å²) >= 11 is 5.08. The molecular formula is C21H17BrN2OS. The van der Waals surface area contributed by atoms with Crippen LogP contribution in [0.2, 0.25) is 0 Å². The molecule has 130 valence electrons. The summed E-state index contributed by atoms with van der Waals surface area (Å²) in [5.41, 5.74) is 4.04. The average Bonchev–Trinajstić information content (AvgIpc) is 3.01. The van der Waals surface area contributed by atoms with E-state index >= 15 is 0 Å². The molecule has 1 N–H and O–H groups in total. The van der Waals surface area contributed by atoms with Gasteiger partial charge in [0.25, 0.3) is 5.56 Å². The number of nitrogens with one attached hydrogen (secondary N) is 1. The van der Waals surface area contributed by atoms with Gasteiger partial charge in [0.2, 0.25) is 0 Å². The number of H-pyrrole nitrogens is 1. The highest BCUT2D eigenvalue weighted by Crippen LogP contribution is 2.37. The quantitative estimate of drug-likeness (QED) is 0.441. The highest BCUT2D eigenvalue weighted by atomic mass is 79.9. The fraction of sp³-hybridized carbons (Fsp3) is 0.143. The zero-order valence-corrected chi connectivity index (χ0v) is 16.9. The van der Waals surface area contributed by atoms with E-state index in [0.29, 0.717) is 11.2 Å². The molecule has 0 unspecified atom stereocenters. The summed E-state index contributed by atoms with van der Waals surface area (Å²) in [6.07, 6.45) is 0.867. The van der Waals surface area contributed by atoms with Crippen LogP contribution in [-0.4, -0.2) is 9.97 Å². The van der Waals surface area contributed by atoms with Crippen molar-refractivity contribution in [2.45, 2.75) is 20.3 Å². The van der Waals surface area contributed by atoms with Gasteiger partial charge >= 0.3 is 0 Å². The Balaban J connectivity index is 1.97. The summed E-state index contributed by atoms with van der Waals surface area (Å²) in [5, 5.41) is 0.686. The molecule has 0 fully saturated rings. The molecular weight excluding hydrogens is 408 g/mol. The van der Waals surface area contributed by atoms with Crippen molar-refractivity contribution in [3.8, 4) is 22.5 Å². The molecule has 2 aromatic heterocycles. The summed E-state index contributed by atoms with van der Waals surface area (Å²) in [6, 6.07) is 16.1. The van der Waals surface area contributed by atoms with E-state index in [9.17, 15) is 4.79 Å². The smallest absolute Gasteiger partial charge is 0.260 e. The van der Waals surface area contributed by atoms with Crippen LogP contribution in [0.1, 0.15) is 17.4 Å². The number of hydrogen-bond donors (Lipinski definition) is 1. The Bertz CT molecular complexity index is 1160.